The zero-order valence-corrected chi connectivity index (χ0v) is 15.6. The average molecular weight is 384 g/mol. The number of amides is 1. The second-order valence-corrected chi connectivity index (χ2v) is 8.58. The fourth-order valence-electron chi connectivity index (χ4n) is 2.77. The van der Waals surface area contributed by atoms with Crippen molar-refractivity contribution in [3.8, 4) is 0 Å². The number of sulfonamides is 1. The smallest absolute Gasteiger partial charge is 0.328 e. The molecule has 1 aromatic rings. The number of hydrogen-bond donors (Lipinski definition) is 3. The quantitative estimate of drug-likeness (QED) is 0.662. The van der Waals surface area contributed by atoms with E-state index < -0.39 is 34.0 Å². The minimum atomic E-state index is -3.61. The fourth-order valence-corrected chi connectivity index (χ4v) is 4.24. The summed E-state index contributed by atoms with van der Waals surface area (Å²) in [4.78, 5) is 23.2. The normalized spacial score (nSPS) is 18.9. The summed E-state index contributed by atoms with van der Waals surface area (Å²) in [6.07, 6.45) is 0.364. The molecule has 0 spiro atoms. The SMILES string of the molecule is CC1CCN(S(=O)(=O)c2ccc(C(=O)N[C@@H](C(=O)O)[C@@H](C)O)cc2)CC1. The molecule has 0 bridgehead atoms. The van der Waals surface area contributed by atoms with Gasteiger partial charge in [-0.25, -0.2) is 13.2 Å². The Balaban J connectivity index is 2.12. The zero-order valence-electron chi connectivity index (χ0n) is 14.8. The molecular weight excluding hydrogens is 360 g/mol. The number of aliphatic carboxylic acids is 1. The van der Waals surface area contributed by atoms with E-state index >= 15 is 0 Å². The number of carboxylic acid groups (broad SMARTS) is 1. The van der Waals surface area contributed by atoms with E-state index in [-0.39, 0.29) is 10.5 Å². The molecule has 1 aromatic carbocycles. The number of nitrogens with one attached hydrogen (secondary N) is 1. The number of carbonyl (C=O) groups is 2. The lowest BCUT2D eigenvalue weighted by Gasteiger charge is -2.29. The number of benzene rings is 1. The van der Waals surface area contributed by atoms with Crippen LogP contribution in [0.15, 0.2) is 29.2 Å². The van der Waals surface area contributed by atoms with E-state index in [0.717, 1.165) is 12.8 Å². The Kier molecular flexibility index (Phi) is 6.38. The molecule has 0 saturated carbocycles. The van der Waals surface area contributed by atoms with Gasteiger partial charge in [0.1, 0.15) is 0 Å². The standard InChI is InChI=1S/C17H24N2O6S/c1-11-7-9-19(10-8-11)26(24,25)14-5-3-13(4-6-14)16(21)18-15(12(2)20)17(22)23/h3-6,11-12,15,20H,7-10H2,1-2H3,(H,18,21)(H,22,23)/t12-,15-/m1/s1. The van der Waals surface area contributed by atoms with Crippen molar-refractivity contribution in [1.29, 1.82) is 0 Å². The molecule has 0 aliphatic carbocycles. The van der Waals surface area contributed by atoms with E-state index in [1.807, 2.05) is 0 Å². The number of aliphatic hydroxyl groups is 1. The molecule has 1 aliphatic heterocycles. The lowest BCUT2D eigenvalue weighted by atomic mass is 10.0. The molecule has 3 N–H and O–H groups in total. The van der Waals surface area contributed by atoms with Crippen LogP contribution < -0.4 is 5.32 Å². The van der Waals surface area contributed by atoms with Gasteiger partial charge in [-0.2, -0.15) is 4.31 Å². The van der Waals surface area contributed by atoms with Crippen molar-refractivity contribution >= 4 is 21.9 Å². The average Bonchev–Trinajstić information content (AvgIpc) is 2.59. The summed E-state index contributed by atoms with van der Waals surface area (Å²) >= 11 is 0. The summed E-state index contributed by atoms with van der Waals surface area (Å²) < 4.78 is 26.7. The van der Waals surface area contributed by atoms with Gasteiger partial charge in [-0.15, -0.1) is 0 Å². The number of piperidine rings is 1. The Morgan fingerprint density at radius 1 is 1.19 bits per heavy atom. The molecular formula is C17H24N2O6S. The molecule has 8 nitrogen and oxygen atoms in total. The maximum Gasteiger partial charge on any atom is 0.328 e. The monoisotopic (exact) mass is 384 g/mol. The second-order valence-electron chi connectivity index (χ2n) is 6.64. The van der Waals surface area contributed by atoms with Crippen LogP contribution in [0.1, 0.15) is 37.0 Å². The van der Waals surface area contributed by atoms with Crippen molar-refractivity contribution in [3.63, 3.8) is 0 Å². The summed E-state index contributed by atoms with van der Waals surface area (Å²) in [6.45, 7) is 4.30. The summed E-state index contributed by atoms with van der Waals surface area (Å²) in [5, 5.41) is 20.6. The Labute approximate surface area is 152 Å². The number of rotatable bonds is 6. The molecule has 1 saturated heterocycles. The van der Waals surface area contributed by atoms with Crippen molar-refractivity contribution in [3.05, 3.63) is 29.8 Å². The minimum absolute atomic E-state index is 0.0916. The fraction of sp³-hybridized carbons (Fsp3) is 0.529. The first kappa shape index (κ1) is 20.3. The molecule has 26 heavy (non-hydrogen) atoms. The molecule has 0 unspecified atom stereocenters. The van der Waals surface area contributed by atoms with Gasteiger partial charge >= 0.3 is 5.97 Å². The first-order valence-electron chi connectivity index (χ1n) is 8.45. The van der Waals surface area contributed by atoms with E-state index in [9.17, 15) is 23.1 Å². The van der Waals surface area contributed by atoms with Crippen LogP contribution in [0.3, 0.4) is 0 Å². The van der Waals surface area contributed by atoms with Gasteiger partial charge in [0.2, 0.25) is 10.0 Å². The van der Waals surface area contributed by atoms with E-state index in [1.165, 1.54) is 35.5 Å². The third kappa shape index (κ3) is 4.60. The van der Waals surface area contributed by atoms with Gasteiger partial charge in [0.15, 0.2) is 6.04 Å². The first-order valence-corrected chi connectivity index (χ1v) is 9.89. The molecule has 2 atom stereocenters. The van der Waals surface area contributed by atoms with E-state index in [1.54, 1.807) is 0 Å². The lowest BCUT2D eigenvalue weighted by molar-refractivity contribution is -0.141. The Hall–Kier alpha value is -1.97. The number of carbonyl (C=O) groups excluding carboxylic acids is 1. The minimum Gasteiger partial charge on any atom is -0.480 e. The van der Waals surface area contributed by atoms with Crippen molar-refractivity contribution < 1.29 is 28.2 Å². The van der Waals surface area contributed by atoms with Crippen molar-refractivity contribution in [2.45, 2.75) is 43.7 Å². The highest BCUT2D eigenvalue weighted by atomic mass is 32.2. The third-order valence-corrected chi connectivity index (χ3v) is 6.44. The maximum absolute atomic E-state index is 12.6. The van der Waals surface area contributed by atoms with Gasteiger partial charge in [-0.05, 0) is 49.9 Å². The zero-order chi connectivity index (χ0) is 19.5. The molecule has 2 rings (SSSR count). The number of nitrogens with zero attached hydrogens (tertiary/aromatic N) is 1. The summed E-state index contributed by atoms with van der Waals surface area (Å²) in [7, 11) is -3.61. The molecule has 1 amide bonds. The Morgan fingerprint density at radius 2 is 1.73 bits per heavy atom. The summed E-state index contributed by atoms with van der Waals surface area (Å²) in [5.74, 6) is -1.55. The van der Waals surface area contributed by atoms with E-state index in [2.05, 4.69) is 12.2 Å². The van der Waals surface area contributed by atoms with Gasteiger partial charge < -0.3 is 15.5 Å². The Bertz CT molecular complexity index is 752. The highest BCUT2D eigenvalue weighted by molar-refractivity contribution is 7.89. The summed E-state index contributed by atoms with van der Waals surface area (Å²) in [6, 6.07) is 3.88. The largest absolute Gasteiger partial charge is 0.480 e. The molecule has 144 valence electrons. The van der Waals surface area contributed by atoms with E-state index in [4.69, 9.17) is 5.11 Å². The second kappa shape index (κ2) is 8.15. The molecule has 1 heterocycles. The highest BCUT2D eigenvalue weighted by Gasteiger charge is 2.29. The number of aliphatic hydroxyl groups excluding tert-OH is 1. The third-order valence-electron chi connectivity index (χ3n) is 4.53. The van der Waals surface area contributed by atoms with Gasteiger partial charge in [-0.3, -0.25) is 4.79 Å². The predicted octanol–water partition coefficient (Wildman–Crippen LogP) is 0.671. The van der Waals surface area contributed by atoms with Crippen LogP contribution in [-0.2, 0) is 14.8 Å². The van der Waals surface area contributed by atoms with Crippen molar-refractivity contribution in [1.82, 2.24) is 9.62 Å². The number of hydrogen-bond acceptors (Lipinski definition) is 5. The van der Waals surface area contributed by atoms with Crippen LogP contribution in [-0.4, -0.2) is 60.0 Å². The number of carboxylic acids is 1. The molecule has 9 heteroatoms. The van der Waals surface area contributed by atoms with Crippen molar-refractivity contribution in [2.75, 3.05) is 13.1 Å². The predicted molar refractivity (Wildman–Crippen MR) is 94.2 cm³/mol. The van der Waals surface area contributed by atoms with Crippen LogP contribution in [0.2, 0.25) is 0 Å². The Morgan fingerprint density at radius 3 is 2.19 bits per heavy atom. The van der Waals surface area contributed by atoms with Crippen LogP contribution in [0.25, 0.3) is 0 Å². The topological polar surface area (TPSA) is 124 Å². The molecule has 0 aromatic heterocycles. The van der Waals surface area contributed by atoms with Gasteiger partial charge in [0.25, 0.3) is 5.91 Å². The van der Waals surface area contributed by atoms with E-state index in [0.29, 0.717) is 19.0 Å². The molecule has 0 radical (unpaired) electrons. The van der Waals surface area contributed by atoms with Crippen LogP contribution >= 0.6 is 0 Å². The molecule has 1 fully saturated rings. The van der Waals surface area contributed by atoms with Gasteiger partial charge in [0, 0.05) is 18.7 Å². The van der Waals surface area contributed by atoms with Crippen LogP contribution in [0.4, 0.5) is 0 Å². The first-order chi connectivity index (χ1) is 12.1. The summed E-state index contributed by atoms with van der Waals surface area (Å²) in [5.41, 5.74) is 0.114. The lowest BCUT2D eigenvalue weighted by Crippen LogP contribution is -2.47. The van der Waals surface area contributed by atoms with Crippen molar-refractivity contribution in [2.24, 2.45) is 5.92 Å². The van der Waals surface area contributed by atoms with Crippen LogP contribution in [0.5, 0.6) is 0 Å². The van der Waals surface area contributed by atoms with Crippen LogP contribution in [0, 0.1) is 5.92 Å². The van der Waals surface area contributed by atoms with Gasteiger partial charge in [-0.1, -0.05) is 6.92 Å². The highest BCUT2D eigenvalue weighted by Crippen LogP contribution is 2.23. The maximum atomic E-state index is 12.6. The molecule has 1 aliphatic rings. The van der Waals surface area contributed by atoms with Gasteiger partial charge in [0.05, 0.1) is 11.0 Å².